The fourth-order valence-corrected chi connectivity index (χ4v) is 5.09. The van der Waals surface area contributed by atoms with Crippen LogP contribution < -0.4 is 16.0 Å². The fraction of sp³-hybridized carbons (Fsp3) is 0.333. The number of carbonyl (C=O) groups excluding carboxylic acids is 2. The van der Waals surface area contributed by atoms with Gasteiger partial charge in [-0.1, -0.05) is 12.1 Å². The van der Waals surface area contributed by atoms with Crippen LogP contribution in [-0.2, 0) is 11.0 Å². The Labute approximate surface area is 193 Å². The second-order valence-electron chi connectivity index (χ2n) is 8.25. The van der Waals surface area contributed by atoms with Crippen molar-refractivity contribution in [1.29, 1.82) is 0 Å². The van der Waals surface area contributed by atoms with E-state index < -0.39 is 11.1 Å². The molecule has 0 radical (unpaired) electrons. The number of amides is 2. The number of benzene rings is 2. The largest absolute Gasteiger partial charge is 0.425 e. The first-order valence-electron chi connectivity index (χ1n) is 10.7. The zero-order valence-electron chi connectivity index (χ0n) is 18.0. The first-order chi connectivity index (χ1) is 15.7. The lowest BCUT2D eigenvalue weighted by Crippen LogP contribution is -2.40. The number of nitrogens with one attached hydrogen (secondary N) is 3. The molecule has 0 bridgehead atoms. The molecule has 0 unspecified atom stereocenters. The van der Waals surface area contributed by atoms with Crippen LogP contribution in [0.2, 0.25) is 0 Å². The van der Waals surface area contributed by atoms with Gasteiger partial charge in [0.25, 0.3) is 5.91 Å². The van der Waals surface area contributed by atoms with E-state index in [1.54, 1.807) is 36.4 Å². The van der Waals surface area contributed by atoms with Gasteiger partial charge in [-0.3, -0.25) is 9.59 Å². The summed E-state index contributed by atoms with van der Waals surface area (Å²) in [6.07, 6.45) is -1.23. The molecule has 0 spiro atoms. The van der Waals surface area contributed by atoms with Gasteiger partial charge in [-0.25, -0.2) is 0 Å². The number of alkyl halides is 3. The average molecular weight is 476 g/mol. The molecule has 3 N–H and O–H groups in total. The third-order valence-electron chi connectivity index (χ3n) is 5.71. The van der Waals surface area contributed by atoms with E-state index in [2.05, 4.69) is 16.0 Å². The Hall–Kier alpha value is -3.07. The molecule has 2 amide bonds. The van der Waals surface area contributed by atoms with E-state index in [-0.39, 0.29) is 23.9 Å². The van der Waals surface area contributed by atoms with Gasteiger partial charge in [0.1, 0.15) is 4.88 Å². The van der Waals surface area contributed by atoms with Gasteiger partial charge < -0.3 is 16.0 Å². The van der Waals surface area contributed by atoms with Crippen LogP contribution in [0.4, 0.5) is 24.5 Å². The summed E-state index contributed by atoms with van der Waals surface area (Å²) in [4.78, 5) is 23.2. The van der Waals surface area contributed by atoms with Gasteiger partial charge in [0.05, 0.1) is 0 Å². The Kier molecular flexibility index (Phi) is 6.60. The second kappa shape index (κ2) is 9.43. The number of rotatable bonds is 5. The van der Waals surface area contributed by atoms with E-state index >= 15 is 0 Å². The lowest BCUT2D eigenvalue weighted by Gasteiger charge is -2.30. The Morgan fingerprint density at radius 3 is 2.36 bits per heavy atom. The molecule has 3 aromatic rings. The summed E-state index contributed by atoms with van der Waals surface area (Å²) < 4.78 is 39.9. The lowest BCUT2D eigenvalue weighted by atomic mass is 9.90. The predicted molar refractivity (Wildman–Crippen MR) is 125 cm³/mol. The summed E-state index contributed by atoms with van der Waals surface area (Å²) in [6.45, 7) is 1.41. The van der Waals surface area contributed by atoms with Crippen LogP contribution in [0, 0.1) is 0 Å². The number of fused-ring (bicyclic) bond motifs is 1. The van der Waals surface area contributed by atoms with Crippen molar-refractivity contribution in [2.75, 3.05) is 10.6 Å². The molecular weight excluding hydrogens is 451 g/mol. The topological polar surface area (TPSA) is 70.2 Å². The highest BCUT2D eigenvalue weighted by molar-refractivity contribution is 7.19. The maximum absolute atomic E-state index is 13.1. The normalized spacial score (nSPS) is 18.7. The maximum Gasteiger partial charge on any atom is 0.425 e. The molecule has 5 nitrogen and oxygen atoms in total. The summed E-state index contributed by atoms with van der Waals surface area (Å²) in [5.74, 6) is -0.396. The number of hydrogen-bond donors (Lipinski definition) is 3. The Bertz CT molecular complexity index is 1170. The molecule has 1 aliphatic rings. The number of thiophene rings is 1. The Morgan fingerprint density at radius 2 is 1.67 bits per heavy atom. The van der Waals surface area contributed by atoms with E-state index in [0.717, 1.165) is 37.0 Å². The van der Waals surface area contributed by atoms with Gasteiger partial charge in [-0.2, -0.15) is 13.2 Å². The van der Waals surface area contributed by atoms with Crippen LogP contribution in [-0.4, -0.2) is 23.9 Å². The fourth-order valence-electron chi connectivity index (χ4n) is 4.14. The smallest absolute Gasteiger partial charge is 0.382 e. The van der Waals surface area contributed by atoms with Crippen molar-refractivity contribution in [3.63, 3.8) is 0 Å². The Balaban J connectivity index is 1.35. The van der Waals surface area contributed by atoms with E-state index in [4.69, 9.17) is 0 Å². The highest BCUT2D eigenvalue weighted by Crippen LogP contribution is 2.40. The zero-order chi connectivity index (χ0) is 23.6. The van der Waals surface area contributed by atoms with Crippen molar-refractivity contribution >= 4 is 44.6 Å². The number of hydrogen-bond acceptors (Lipinski definition) is 4. The minimum Gasteiger partial charge on any atom is -0.382 e. The van der Waals surface area contributed by atoms with E-state index in [0.29, 0.717) is 27.0 Å². The molecule has 174 valence electrons. The molecule has 1 saturated carbocycles. The summed E-state index contributed by atoms with van der Waals surface area (Å²) in [6, 6.07) is 13.4. The van der Waals surface area contributed by atoms with Crippen LogP contribution >= 0.6 is 11.3 Å². The molecule has 1 heterocycles. The first kappa shape index (κ1) is 23.1. The first-order valence-corrected chi connectivity index (χ1v) is 11.6. The van der Waals surface area contributed by atoms with Crippen LogP contribution in [0.1, 0.15) is 47.8 Å². The highest BCUT2D eigenvalue weighted by Gasteiger charge is 2.33. The summed E-state index contributed by atoms with van der Waals surface area (Å²) >= 11 is 0.754. The van der Waals surface area contributed by atoms with Crippen LogP contribution in [0.25, 0.3) is 10.1 Å². The average Bonchev–Trinajstić information content (AvgIpc) is 3.21. The molecule has 1 fully saturated rings. The van der Waals surface area contributed by atoms with Crippen molar-refractivity contribution in [3.8, 4) is 0 Å². The van der Waals surface area contributed by atoms with Crippen molar-refractivity contribution < 1.29 is 22.8 Å². The van der Waals surface area contributed by atoms with Crippen molar-refractivity contribution in [2.45, 2.75) is 50.9 Å². The second-order valence-corrected chi connectivity index (χ2v) is 9.34. The monoisotopic (exact) mass is 475 g/mol. The summed E-state index contributed by atoms with van der Waals surface area (Å²) in [7, 11) is 0. The molecule has 2 aromatic carbocycles. The number of anilines is 2. The highest BCUT2D eigenvalue weighted by atomic mass is 32.1. The van der Waals surface area contributed by atoms with E-state index in [9.17, 15) is 22.8 Å². The van der Waals surface area contributed by atoms with E-state index in [1.165, 1.54) is 13.0 Å². The van der Waals surface area contributed by atoms with Gasteiger partial charge in [0.15, 0.2) is 0 Å². The lowest BCUT2D eigenvalue weighted by molar-refractivity contribution is -0.134. The SMILES string of the molecule is CC(=O)Nc1cccc(C(=O)NC2CCC(Nc3cccc4sc(C(F)(F)F)cc34)CC2)c1. The van der Waals surface area contributed by atoms with Crippen molar-refractivity contribution in [2.24, 2.45) is 0 Å². The molecule has 0 saturated heterocycles. The van der Waals surface area contributed by atoms with Crippen LogP contribution in [0.3, 0.4) is 0 Å². The third kappa shape index (κ3) is 5.65. The Morgan fingerprint density at radius 1 is 0.970 bits per heavy atom. The molecule has 1 aliphatic carbocycles. The molecule has 9 heteroatoms. The van der Waals surface area contributed by atoms with Crippen LogP contribution in [0.5, 0.6) is 0 Å². The summed E-state index contributed by atoms with van der Waals surface area (Å²) in [5, 5.41) is 9.71. The standard InChI is InChI=1S/C24H24F3N3O2S/c1-14(31)28-18-5-2-4-15(12-18)23(32)30-17-10-8-16(9-11-17)29-20-6-3-7-21-19(20)13-22(33-21)24(25,26)27/h2-7,12-13,16-17,29H,8-11H2,1H3,(H,28,31)(H,30,32). The summed E-state index contributed by atoms with van der Waals surface area (Å²) in [5.41, 5.74) is 1.76. The van der Waals surface area contributed by atoms with Gasteiger partial charge in [-0.15, -0.1) is 11.3 Å². The molecule has 0 aliphatic heterocycles. The molecular formula is C24H24F3N3O2S. The van der Waals surface area contributed by atoms with Gasteiger partial charge >= 0.3 is 6.18 Å². The maximum atomic E-state index is 13.1. The minimum absolute atomic E-state index is 0.0220. The molecule has 4 rings (SSSR count). The molecule has 0 atom stereocenters. The zero-order valence-corrected chi connectivity index (χ0v) is 18.8. The van der Waals surface area contributed by atoms with Crippen molar-refractivity contribution in [3.05, 3.63) is 59.0 Å². The third-order valence-corrected chi connectivity index (χ3v) is 6.85. The van der Waals surface area contributed by atoms with E-state index in [1.807, 2.05) is 6.07 Å². The molecule has 1 aromatic heterocycles. The van der Waals surface area contributed by atoms with Gasteiger partial charge in [0.2, 0.25) is 5.91 Å². The predicted octanol–water partition coefficient (Wildman–Crippen LogP) is 6.03. The minimum atomic E-state index is -4.35. The molecule has 33 heavy (non-hydrogen) atoms. The van der Waals surface area contributed by atoms with Crippen LogP contribution in [0.15, 0.2) is 48.5 Å². The quantitative estimate of drug-likeness (QED) is 0.422. The van der Waals surface area contributed by atoms with Crippen molar-refractivity contribution in [1.82, 2.24) is 5.32 Å². The number of carbonyl (C=O) groups is 2. The number of halogens is 3. The van der Waals surface area contributed by atoms with Gasteiger partial charge in [-0.05, 0) is 62.1 Å². The van der Waals surface area contributed by atoms with Gasteiger partial charge in [0, 0.05) is 46.0 Å².